The molecular weight excluding hydrogens is 460 g/mol. The molecular formula is C25H27ClN2O4S. The molecule has 0 spiro atoms. The zero-order chi connectivity index (χ0) is 24.0. The average molecular weight is 487 g/mol. The molecule has 0 aliphatic carbocycles. The normalized spacial score (nSPS) is 11.2. The lowest BCUT2D eigenvalue weighted by Crippen LogP contribution is -2.29. The quantitative estimate of drug-likeness (QED) is 0.443. The van der Waals surface area contributed by atoms with Crippen molar-refractivity contribution in [3.63, 3.8) is 0 Å². The molecule has 1 N–H and O–H groups in total. The summed E-state index contributed by atoms with van der Waals surface area (Å²) in [6.45, 7) is 4.94. The van der Waals surface area contributed by atoms with E-state index in [2.05, 4.69) is 5.32 Å². The SMILES string of the molecule is Cc1ccc(OCCNC(=O)c2ccc(CN(c3ccc(Cl)cc3)S(C)(=O)=O)cc2)cc1C. The highest BCUT2D eigenvalue weighted by atomic mass is 35.5. The minimum Gasteiger partial charge on any atom is -0.492 e. The Labute approximate surface area is 200 Å². The van der Waals surface area contributed by atoms with E-state index < -0.39 is 10.0 Å². The number of halogens is 1. The number of amides is 1. The van der Waals surface area contributed by atoms with Crippen LogP contribution in [-0.4, -0.2) is 33.7 Å². The number of ether oxygens (including phenoxy) is 1. The van der Waals surface area contributed by atoms with Gasteiger partial charge in [0.25, 0.3) is 5.91 Å². The summed E-state index contributed by atoms with van der Waals surface area (Å²) >= 11 is 5.91. The third-order valence-corrected chi connectivity index (χ3v) is 6.58. The molecule has 8 heteroatoms. The number of hydrogen-bond donors (Lipinski definition) is 1. The summed E-state index contributed by atoms with van der Waals surface area (Å²) in [6.07, 6.45) is 1.16. The van der Waals surface area contributed by atoms with Crippen molar-refractivity contribution in [1.29, 1.82) is 0 Å². The lowest BCUT2D eigenvalue weighted by Gasteiger charge is -2.22. The number of rotatable bonds is 9. The Morgan fingerprint density at radius 3 is 2.24 bits per heavy atom. The topological polar surface area (TPSA) is 75.7 Å². The molecule has 3 aromatic carbocycles. The summed E-state index contributed by atoms with van der Waals surface area (Å²) in [5.41, 5.74) is 4.12. The zero-order valence-corrected chi connectivity index (χ0v) is 20.4. The molecule has 0 aromatic heterocycles. The van der Waals surface area contributed by atoms with Crippen molar-refractivity contribution in [2.75, 3.05) is 23.7 Å². The van der Waals surface area contributed by atoms with Crippen molar-refractivity contribution in [2.24, 2.45) is 0 Å². The molecule has 0 heterocycles. The summed E-state index contributed by atoms with van der Waals surface area (Å²) in [4.78, 5) is 12.4. The van der Waals surface area contributed by atoms with Gasteiger partial charge in [0.15, 0.2) is 0 Å². The zero-order valence-electron chi connectivity index (χ0n) is 18.8. The van der Waals surface area contributed by atoms with Gasteiger partial charge < -0.3 is 10.1 Å². The summed E-state index contributed by atoms with van der Waals surface area (Å²) in [7, 11) is -3.50. The van der Waals surface area contributed by atoms with Crippen LogP contribution in [0.3, 0.4) is 0 Å². The van der Waals surface area contributed by atoms with Crippen LogP contribution in [0, 0.1) is 13.8 Å². The third-order valence-electron chi connectivity index (χ3n) is 5.19. The van der Waals surface area contributed by atoms with Crippen LogP contribution in [-0.2, 0) is 16.6 Å². The molecule has 33 heavy (non-hydrogen) atoms. The second kappa shape index (κ2) is 10.7. The van der Waals surface area contributed by atoms with Crippen molar-refractivity contribution < 1.29 is 17.9 Å². The van der Waals surface area contributed by atoms with E-state index in [1.165, 1.54) is 9.87 Å². The van der Waals surface area contributed by atoms with Gasteiger partial charge in [-0.3, -0.25) is 9.10 Å². The summed E-state index contributed by atoms with van der Waals surface area (Å²) in [5, 5.41) is 3.36. The Kier molecular flexibility index (Phi) is 8.00. The maximum atomic E-state index is 12.4. The fourth-order valence-corrected chi connectivity index (χ4v) is 4.19. The van der Waals surface area contributed by atoms with Crippen LogP contribution in [0.1, 0.15) is 27.0 Å². The molecule has 6 nitrogen and oxygen atoms in total. The van der Waals surface area contributed by atoms with Crippen LogP contribution in [0.25, 0.3) is 0 Å². The number of carbonyl (C=O) groups excluding carboxylic acids is 1. The predicted octanol–water partition coefficient (Wildman–Crippen LogP) is 4.73. The van der Waals surface area contributed by atoms with E-state index in [0.717, 1.165) is 23.1 Å². The number of benzene rings is 3. The highest BCUT2D eigenvalue weighted by molar-refractivity contribution is 7.92. The van der Waals surface area contributed by atoms with Gasteiger partial charge in [0.1, 0.15) is 12.4 Å². The molecule has 3 rings (SSSR count). The van der Waals surface area contributed by atoms with Crippen molar-refractivity contribution in [1.82, 2.24) is 5.32 Å². The summed E-state index contributed by atoms with van der Waals surface area (Å²) < 4.78 is 31.6. The summed E-state index contributed by atoms with van der Waals surface area (Å²) in [6, 6.07) is 19.3. The molecule has 0 saturated carbocycles. The van der Waals surface area contributed by atoms with E-state index in [9.17, 15) is 13.2 Å². The number of nitrogens with zero attached hydrogens (tertiary/aromatic N) is 1. The molecule has 3 aromatic rings. The predicted molar refractivity (Wildman–Crippen MR) is 133 cm³/mol. The minimum atomic E-state index is -3.50. The number of nitrogens with one attached hydrogen (secondary N) is 1. The minimum absolute atomic E-state index is 0.145. The smallest absolute Gasteiger partial charge is 0.251 e. The molecule has 0 fully saturated rings. The number of sulfonamides is 1. The molecule has 0 saturated heterocycles. The molecule has 0 unspecified atom stereocenters. The molecule has 174 valence electrons. The first-order valence-electron chi connectivity index (χ1n) is 10.4. The van der Waals surface area contributed by atoms with Crippen molar-refractivity contribution in [3.8, 4) is 5.75 Å². The Balaban J connectivity index is 1.56. The fraction of sp³-hybridized carbons (Fsp3) is 0.240. The summed E-state index contributed by atoms with van der Waals surface area (Å²) in [5.74, 6) is 0.552. The van der Waals surface area contributed by atoms with E-state index in [4.69, 9.17) is 16.3 Å². The first-order valence-corrected chi connectivity index (χ1v) is 12.7. The number of carbonyl (C=O) groups is 1. The first kappa shape index (κ1) is 24.6. The monoisotopic (exact) mass is 486 g/mol. The van der Waals surface area contributed by atoms with Crippen molar-refractivity contribution in [2.45, 2.75) is 20.4 Å². The molecule has 0 atom stereocenters. The first-order chi connectivity index (χ1) is 15.6. The second-order valence-electron chi connectivity index (χ2n) is 7.79. The fourth-order valence-electron chi connectivity index (χ4n) is 3.17. The van der Waals surface area contributed by atoms with Gasteiger partial charge in [-0.25, -0.2) is 8.42 Å². The maximum Gasteiger partial charge on any atom is 0.251 e. The number of anilines is 1. The molecule has 0 bridgehead atoms. The number of hydrogen-bond acceptors (Lipinski definition) is 4. The molecule has 0 radical (unpaired) electrons. The van der Waals surface area contributed by atoms with Gasteiger partial charge in [-0.15, -0.1) is 0 Å². The van der Waals surface area contributed by atoms with Gasteiger partial charge in [0.2, 0.25) is 10.0 Å². The Hall–Kier alpha value is -3.03. The van der Waals surface area contributed by atoms with E-state index in [0.29, 0.717) is 29.4 Å². The highest BCUT2D eigenvalue weighted by Crippen LogP contribution is 2.23. The Bertz CT molecular complexity index is 1210. The van der Waals surface area contributed by atoms with Gasteiger partial charge in [0, 0.05) is 10.6 Å². The third kappa shape index (κ3) is 6.97. The molecule has 0 aliphatic rings. The van der Waals surface area contributed by atoms with E-state index in [-0.39, 0.29) is 12.5 Å². The highest BCUT2D eigenvalue weighted by Gasteiger charge is 2.18. The molecule has 1 amide bonds. The standard InChI is InChI=1S/C25H27ClN2O4S/c1-18-4-13-24(16-19(18)2)32-15-14-27-25(29)21-7-5-20(6-8-21)17-28(33(3,30)31)23-11-9-22(26)10-12-23/h4-13,16H,14-15,17H2,1-3H3,(H,27,29). The Morgan fingerprint density at radius 2 is 1.64 bits per heavy atom. The van der Waals surface area contributed by atoms with Gasteiger partial charge in [-0.05, 0) is 79.1 Å². The van der Waals surface area contributed by atoms with Crippen molar-refractivity contribution >= 4 is 33.2 Å². The van der Waals surface area contributed by atoms with E-state index >= 15 is 0 Å². The van der Waals surface area contributed by atoms with Crippen LogP contribution in [0.2, 0.25) is 5.02 Å². The van der Waals surface area contributed by atoms with Crippen LogP contribution < -0.4 is 14.4 Å². The van der Waals surface area contributed by atoms with Crippen LogP contribution in [0.4, 0.5) is 5.69 Å². The van der Waals surface area contributed by atoms with E-state index in [1.54, 1.807) is 48.5 Å². The lowest BCUT2D eigenvalue weighted by molar-refractivity contribution is 0.0947. The van der Waals surface area contributed by atoms with Crippen molar-refractivity contribution in [3.05, 3.63) is 94.0 Å². The largest absolute Gasteiger partial charge is 0.492 e. The van der Waals surface area contributed by atoms with Crippen LogP contribution >= 0.6 is 11.6 Å². The second-order valence-corrected chi connectivity index (χ2v) is 10.1. The molecule has 0 aliphatic heterocycles. The maximum absolute atomic E-state index is 12.4. The lowest BCUT2D eigenvalue weighted by atomic mass is 10.1. The van der Waals surface area contributed by atoms with Crippen LogP contribution in [0.5, 0.6) is 5.75 Å². The van der Waals surface area contributed by atoms with Gasteiger partial charge in [0.05, 0.1) is 25.0 Å². The van der Waals surface area contributed by atoms with Gasteiger partial charge in [-0.1, -0.05) is 29.8 Å². The number of aryl methyl sites for hydroxylation is 2. The van der Waals surface area contributed by atoms with E-state index in [1.807, 2.05) is 32.0 Å². The van der Waals surface area contributed by atoms with Gasteiger partial charge in [-0.2, -0.15) is 0 Å². The Morgan fingerprint density at radius 1 is 0.970 bits per heavy atom. The van der Waals surface area contributed by atoms with Gasteiger partial charge >= 0.3 is 0 Å². The van der Waals surface area contributed by atoms with Crippen LogP contribution in [0.15, 0.2) is 66.7 Å². The average Bonchev–Trinajstić information content (AvgIpc) is 2.77.